The van der Waals surface area contributed by atoms with Crippen LogP contribution in [0.1, 0.15) is 5.56 Å². The summed E-state index contributed by atoms with van der Waals surface area (Å²) in [6.45, 7) is 1.57. The molecule has 0 aliphatic carbocycles. The van der Waals surface area contributed by atoms with Crippen LogP contribution in [0, 0.1) is 18.6 Å². The van der Waals surface area contributed by atoms with Gasteiger partial charge in [-0.2, -0.15) is 0 Å². The molecule has 0 saturated heterocycles. The van der Waals surface area contributed by atoms with Crippen LogP contribution in [0.4, 0.5) is 14.5 Å². The monoisotopic (exact) mass is 317 g/mol. The van der Waals surface area contributed by atoms with Crippen molar-refractivity contribution in [2.45, 2.75) is 11.8 Å². The molecule has 2 aromatic rings. The molecule has 3 nitrogen and oxygen atoms in total. The molecule has 2 aromatic carbocycles. The van der Waals surface area contributed by atoms with Gasteiger partial charge in [0.25, 0.3) is 10.0 Å². The van der Waals surface area contributed by atoms with Crippen molar-refractivity contribution < 1.29 is 17.2 Å². The molecule has 20 heavy (non-hydrogen) atoms. The van der Waals surface area contributed by atoms with E-state index < -0.39 is 21.7 Å². The van der Waals surface area contributed by atoms with Crippen molar-refractivity contribution in [2.75, 3.05) is 4.72 Å². The zero-order valence-electron chi connectivity index (χ0n) is 10.3. The second kappa shape index (κ2) is 5.38. The summed E-state index contributed by atoms with van der Waals surface area (Å²) in [6.07, 6.45) is 0. The van der Waals surface area contributed by atoms with Gasteiger partial charge in [0.1, 0.15) is 11.6 Å². The number of nitrogens with one attached hydrogen (secondary N) is 1. The predicted molar refractivity (Wildman–Crippen MR) is 73.4 cm³/mol. The summed E-state index contributed by atoms with van der Waals surface area (Å²) >= 11 is 5.75. The van der Waals surface area contributed by atoms with E-state index in [1.165, 1.54) is 18.2 Å². The molecular weight excluding hydrogens is 308 g/mol. The largest absolute Gasteiger partial charge is 0.277 e. The number of hydrogen-bond donors (Lipinski definition) is 1. The van der Waals surface area contributed by atoms with Crippen LogP contribution < -0.4 is 4.72 Å². The van der Waals surface area contributed by atoms with Gasteiger partial charge in [0.15, 0.2) is 0 Å². The highest BCUT2D eigenvalue weighted by molar-refractivity contribution is 7.92. The Morgan fingerprint density at radius 3 is 2.40 bits per heavy atom. The highest BCUT2D eigenvalue weighted by atomic mass is 35.5. The Morgan fingerprint density at radius 1 is 1.10 bits per heavy atom. The number of benzene rings is 2. The number of halogens is 3. The van der Waals surface area contributed by atoms with Crippen molar-refractivity contribution >= 4 is 27.3 Å². The first-order valence-electron chi connectivity index (χ1n) is 5.53. The van der Waals surface area contributed by atoms with Crippen molar-refractivity contribution in [2.24, 2.45) is 0 Å². The summed E-state index contributed by atoms with van der Waals surface area (Å²) in [6, 6.07) is 6.82. The molecule has 0 bridgehead atoms. The molecule has 0 aliphatic heterocycles. The summed E-state index contributed by atoms with van der Waals surface area (Å²) in [5, 5.41) is 0.398. The molecule has 0 amide bonds. The van der Waals surface area contributed by atoms with Gasteiger partial charge < -0.3 is 0 Å². The third-order valence-electron chi connectivity index (χ3n) is 2.60. The SMILES string of the molecule is Cc1cc(Cl)ccc1S(=O)(=O)Nc1ccc(F)cc1F. The molecule has 106 valence electrons. The van der Waals surface area contributed by atoms with Gasteiger partial charge in [0.2, 0.25) is 0 Å². The zero-order chi connectivity index (χ0) is 14.9. The zero-order valence-corrected chi connectivity index (χ0v) is 11.9. The second-order valence-electron chi connectivity index (χ2n) is 4.14. The van der Waals surface area contributed by atoms with Crippen LogP contribution in [0.5, 0.6) is 0 Å². The van der Waals surface area contributed by atoms with Crippen LogP contribution >= 0.6 is 11.6 Å². The average Bonchev–Trinajstić information content (AvgIpc) is 2.32. The Hall–Kier alpha value is -1.66. The standard InChI is InChI=1S/C13H10ClF2NO2S/c1-8-6-9(14)2-5-13(8)20(18,19)17-12-4-3-10(15)7-11(12)16/h2-7,17H,1H3. The summed E-state index contributed by atoms with van der Waals surface area (Å²) in [5.41, 5.74) is 0.105. The van der Waals surface area contributed by atoms with Crippen LogP contribution in [0.15, 0.2) is 41.3 Å². The Bertz CT molecular complexity index is 763. The third-order valence-corrected chi connectivity index (χ3v) is 4.36. The normalized spacial score (nSPS) is 11.4. The predicted octanol–water partition coefficient (Wildman–Crippen LogP) is 3.73. The van der Waals surface area contributed by atoms with Crippen LogP contribution in [0.2, 0.25) is 5.02 Å². The van der Waals surface area contributed by atoms with Gasteiger partial charge in [-0.15, -0.1) is 0 Å². The Morgan fingerprint density at radius 2 is 1.80 bits per heavy atom. The molecule has 0 heterocycles. The molecule has 0 aliphatic rings. The maximum Gasteiger partial charge on any atom is 0.262 e. The third kappa shape index (κ3) is 3.08. The van der Waals surface area contributed by atoms with E-state index in [1.54, 1.807) is 6.92 Å². The Kier molecular flexibility index (Phi) is 3.96. The molecule has 1 N–H and O–H groups in total. The molecule has 0 aromatic heterocycles. The van der Waals surface area contributed by atoms with Crippen LogP contribution in [-0.4, -0.2) is 8.42 Å². The van der Waals surface area contributed by atoms with Gasteiger partial charge in [0.05, 0.1) is 10.6 Å². The van der Waals surface area contributed by atoms with Gasteiger partial charge in [-0.25, -0.2) is 17.2 Å². The molecular formula is C13H10ClF2NO2S. The molecule has 0 spiro atoms. The first-order chi connectivity index (χ1) is 9.29. The van der Waals surface area contributed by atoms with Gasteiger partial charge >= 0.3 is 0 Å². The molecule has 0 unspecified atom stereocenters. The number of aryl methyl sites for hydroxylation is 1. The lowest BCUT2D eigenvalue weighted by atomic mass is 10.2. The molecule has 2 rings (SSSR count). The molecule has 0 saturated carbocycles. The maximum absolute atomic E-state index is 13.5. The number of hydrogen-bond acceptors (Lipinski definition) is 2. The minimum Gasteiger partial charge on any atom is -0.277 e. The Labute approximate surface area is 120 Å². The minimum atomic E-state index is -3.97. The second-order valence-corrected chi connectivity index (χ2v) is 6.23. The number of rotatable bonds is 3. The van der Waals surface area contributed by atoms with Crippen molar-refractivity contribution in [3.63, 3.8) is 0 Å². The lowest BCUT2D eigenvalue weighted by molar-refractivity contribution is 0.582. The van der Waals surface area contributed by atoms with E-state index in [4.69, 9.17) is 11.6 Å². The average molecular weight is 318 g/mol. The molecule has 0 fully saturated rings. The van der Waals surface area contributed by atoms with Crippen molar-refractivity contribution in [1.82, 2.24) is 0 Å². The van der Waals surface area contributed by atoms with Gasteiger partial charge in [0, 0.05) is 11.1 Å². The maximum atomic E-state index is 13.5. The first kappa shape index (κ1) is 14.7. The van der Waals surface area contributed by atoms with E-state index in [1.807, 2.05) is 0 Å². The van der Waals surface area contributed by atoms with Gasteiger partial charge in [-0.1, -0.05) is 11.6 Å². The lowest BCUT2D eigenvalue weighted by Crippen LogP contribution is -2.15. The highest BCUT2D eigenvalue weighted by Crippen LogP contribution is 2.23. The summed E-state index contributed by atoms with van der Waals surface area (Å²) in [4.78, 5) is -0.0226. The minimum absolute atomic E-state index is 0.0226. The van der Waals surface area contributed by atoms with Crippen molar-refractivity contribution in [3.8, 4) is 0 Å². The lowest BCUT2D eigenvalue weighted by Gasteiger charge is -2.11. The summed E-state index contributed by atoms with van der Waals surface area (Å²) in [7, 11) is -3.97. The van der Waals surface area contributed by atoms with E-state index in [0.29, 0.717) is 16.7 Å². The van der Waals surface area contributed by atoms with Crippen LogP contribution in [-0.2, 0) is 10.0 Å². The van der Waals surface area contributed by atoms with E-state index in [9.17, 15) is 17.2 Å². The molecule has 0 radical (unpaired) electrons. The van der Waals surface area contributed by atoms with Gasteiger partial charge in [-0.3, -0.25) is 4.72 Å². The first-order valence-corrected chi connectivity index (χ1v) is 7.40. The summed E-state index contributed by atoms with van der Waals surface area (Å²) < 4.78 is 52.6. The van der Waals surface area contributed by atoms with Crippen LogP contribution in [0.25, 0.3) is 0 Å². The fourth-order valence-corrected chi connectivity index (χ4v) is 3.21. The summed E-state index contributed by atoms with van der Waals surface area (Å²) in [5.74, 6) is -1.77. The Balaban J connectivity index is 2.41. The van der Waals surface area contributed by atoms with Crippen molar-refractivity contribution in [1.29, 1.82) is 0 Å². The quantitative estimate of drug-likeness (QED) is 0.937. The topological polar surface area (TPSA) is 46.2 Å². The van der Waals surface area contributed by atoms with Crippen molar-refractivity contribution in [3.05, 3.63) is 58.6 Å². The number of sulfonamides is 1. The van der Waals surface area contributed by atoms with E-state index in [0.717, 1.165) is 12.1 Å². The van der Waals surface area contributed by atoms with Crippen LogP contribution in [0.3, 0.4) is 0 Å². The fourth-order valence-electron chi connectivity index (χ4n) is 1.69. The van der Waals surface area contributed by atoms with E-state index in [-0.39, 0.29) is 10.6 Å². The molecule has 0 atom stereocenters. The van der Waals surface area contributed by atoms with E-state index >= 15 is 0 Å². The highest BCUT2D eigenvalue weighted by Gasteiger charge is 2.18. The molecule has 7 heteroatoms. The smallest absolute Gasteiger partial charge is 0.262 e. The number of anilines is 1. The van der Waals surface area contributed by atoms with E-state index in [2.05, 4.69) is 4.72 Å². The van der Waals surface area contributed by atoms with Gasteiger partial charge in [-0.05, 0) is 42.8 Å². The fraction of sp³-hybridized carbons (Fsp3) is 0.0769.